The zero-order chi connectivity index (χ0) is 24.1. The van der Waals surface area contributed by atoms with E-state index in [0.29, 0.717) is 34.4 Å². The quantitative estimate of drug-likeness (QED) is 0.489. The van der Waals surface area contributed by atoms with E-state index in [4.69, 9.17) is 34.0 Å². The van der Waals surface area contributed by atoms with Crippen LogP contribution in [-0.2, 0) is 0 Å². The molecule has 0 bridgehead atoms. The topological polar surface area (TPSA) is 76.2 Å². The van der Waals surface area contributed by atoms with Crippen molar-refractivity contribution in [3.05, 3.63) is 69.3 Å². The van der Waals surface area contributed by atoms with Gasteiger partial charge in [0.15, 0.2) is 5.69 Å². The molecule has 0 spiro atoms. The minimum Gasteiger partial charge on any atom is -0.330 e. The van der Waals surface area contributed by atoms with Crippen molar-refractivity contribution >= 4 is 29.1 Å². The summed E-state index contributed by atoms with van der Waals surface area (Å²) in [7, 11) is 0. The molecule has 1 aliphatic rings. The van der Waals surface area contributed by atoms with E-state index in [0.717, 1.165) is 48.3 Å². The van der Waals surface area contributed by atoms with Crippen molar-refractivity contribution in [2.45, 2.75) is 32.6 Å². The molecule has 0 atom stereocenters. The average molecular weight is 496 g/mol. The number of nitrogens with one attached hydrogen (secondary N) is 1. The number of aromatic nitrogens is 2. The van der Waals surface area contributed by atoms with Gasteiger partial charge in [0.1, 0.15) is 0 Å². The Hall–Kier alpha value is -2.82. The number of hydrogen-bond acceptors (Lipinski definition) is 4. The first-order chi connectivity index (χ1) is 16.5. The average Bonchev–Trinajstić information content (AvgIpc) is 3.17. The van der Waals surface area contributed by atoms with Gasteiger partial charge >= 0.3 is 0 Å². The van der Waals surface area contributed by atoms with Crippen LogP contribution in [-0.4, -0.2) is 40.3 Å². The Kier molecular flexibility index (Phi) is 7.91. The third-order valence-electron chi connectivity index (χ3n) is 5.75. The lowest BCUT2D eigenvalue weighted by Crippen LogP contribution is -2.45. The van der Waals surface area contributed by atoms with E-state index < -0.39 is 0 Å². The Bertz CT molecular complexity index is 1230. The third-order valence-corrected chi connectivity index (χ3v) is 6.29. The largest absolute Gasteiger partial charge is 0.330 e. The fourth-order valence-corrected chi connectivity index (χ4v) is 4.52. The lowest BCUT2D eigenvalue weighted by Gasteiger charge is -2.26. The van der Waals surface area contributed by atoms with E-state index >= 15 is 0 Å². The summed E-state index contributed by atoms with van der Waals surface area (Å²) in [6, 6.07) is 13.1. The summed E-state index contributed by atoms with van der Waals surface area (Å²) < 4.78 is 1.72. The number of carbonyl (C=O) groups excluding carboxylic acids is 1. The van der Waals surface area contributed by atoms with E-state index in [9.17, 15) is 4.79 Å². The van der Waals surface area contributed by atoms with Crippen LogP contribution >= 0.6 is 23.2 Å². The lowest BCUT2D eigenvalue weighted by molar-refractivity contribution is 0.0743. The second-order valence-corrected chi connectivity index (χ2v) is 9.08. The van der Waals surface area contributed by atoms with Crippen LogP contribution in [0.1, 0.15) is 47.3 Å². The maximum absolute atomic E-state index is 13.2. The van der Waals surface area contributed by atoms with Crippen molar-refractivity contribution in [3.8, 4) is 28.8 Å². The van der Waals surface area contributed by atoms with E-state index in [1.54, 1.807) is 22.9 Å². The molecule has 4 rings (SSSR count). The maximum Gasteiger partial charge on any atom is 0.286 e. The van der Waals surface area contributed by atoms with E-state index in [2.05, 4.69) is 17.3 Å². The molecule has 0 aliphatic carbocycles. The van der Waals surface area contributed by atoms with Crippen LogP contribution in [0.2, 0.25) is 10.0 Å². The van der Waals surface area contributed by atoms with Crippen molar-refractivity contribution < 1.29 is 4.79 Å². The van der Waals surface area contributed by atoms with Gasteiger partial charge in [-0.3, -0.25) is 10.2 Å². The van der Waals surface area contributed by atoms with Crippen molar-refractivity contribution in [2.24, 2.45) is 5.73 Å². The van der Waals surface area contributed by atoms with Crippen LogP contribution in [0.5, 0.6) is 0 Å². The number of halogens is 2. The number of amides is 1. The summed E-state index contributed by atoms with van der Waals surface area (Å²) in [6.45, 7) is 4.12. The number of nitrogens with two attached hydrogens (primary N) is 1. The molecular weight excluding hydrogens is 469 g/mol. The Balaban J connectivity index is 1.76. The molecule has 2 heterocycles. The van der Waals surface area contributed by atoms with Crippen LogP contribution in [0.25, 0.3) is 16.9 Å². The summed E-state index contributed by atoms with van der Waals surface area (Å²) in [5, 5.41) is 7.65. The summed E-state index contributed by atoms with van der Waals surface area (Å²) in [4.78, 5) is 13.2. The molecule has 0 saturated carbocycles. The van der Waals surface area contributed by atoms with Gasteiger partial charge in [0.2, 0.25) is 0 Å². The van der Waals surface area contributed by atoms with Crippen molar-refractivity contribution in [2.75, 3.05) is 19.6 Å². The number of benzene rings is 2. The molecule has 0 unspecified atom stereocenters. The highest BCUT2D eigenvalue weighted by Gasteiger charge is 2.24. The summed E-state index contributed by atoms with van der Waals surface area (Å²) in [5.74, 6) is 5.93. The zero-order valence-corrected chi connectivity index (χ0v) is 20.6. The van der Waals surface area contributed by atoms with Crippen LogP contribution in [0.4, 0.5) is 0 Å². The molecule has 1 amide bonds. The third kappa shape index (κ3) is 5.45. The lowest BCUT2D eigenvalue weighted by atomic mass is 10.0. The van der Waals surface area contributed by atoms with Crippen LogP contribution < -0.4 is 11.2 Å². The highest BCUT2D eigenvalue weighted by molar-refractivity contribution is 6.35. The SMILES string of the molecule is Cc1c(C(=O)NN2CCCCC2)nn(-c2ccc(Cl)cc2Cl)c1-c1ccc(C#CCCN)cc1. The first-order valence-electron chi connectivity index (χ1n) is 11.4. The molecule has 3 aromatic rings. The van der Waals surface area contributed by atoms with Crippen molar-refractivity contribution in [1.82, 2.24) is 20.2 Å². The van der Waals surface area contributed by atoms with E-state index in [-0.39, 0.29) is 5.91 Å². The van der Waals surface area contributed by atoms with Gasteiger partial charge in [-0.2, -0.15) is 5.10 Å². The minimum atomic E-state index is -0.228. The van der Waals surface area contributed by atoms with Crippen LogP contribution in [0.3, 0.4) is 0 Å². The standard InChI is InChI=1S/C26H27Cl2N5O/c1-18-24(26(34)31-32-15-5-2-6-16-32)30-33(23-13-12-21(27)17-22(23)28)25(18)20-10-8-19(9-11-20)7-3-4-14-29/h8-13,17H,2,4-6,14-16,29H2,1H3,(H,31,34). The molecule has 1 aliphatic heterocycles. The molecule has 176 valence electrons. The normalized spacial score (nSPS) is 13.9. The molecule has 3 N–H and O–H groups in total. The molecule has 1 saturated heterocycles. The Morgan fingerprint density at radius 1 is 1.12 bits per heavy atom. The molecule has 1 fully saturated rings. The van der Waals surface area contributed by atoms with Gasteiger partial charge in [-0.15, -0.1) is 0 Å². The second kappa shape index (κ2) is 11.1. The molecule has 8 heteroatoms. The number of hydrazine groups is 1. The molecule has 1 aromatic heterocycles. The van der Waals surface area contributed by atoms with E-state index in [1.165, 1.54) is 6.42 Å². The molecular formula is C26H27Cl2N5O. The highest BCUT2D eigenvalue weighted by Crippen LogP contribution is 2.33. The number of nitrogens with zero attached hydrogens (tertiary/aromatic N) is 3. The number of rotatable bonds is 5. The minimum absolute atomic E-state index is 0.228. The van der Waals surface area contributed by atoms with Gasteiger partial charge in [-0.1, -0.05) is 53.6 Å². The van der Waals surface area contributed by atoms with Crippen molar-refractivity contribution in [3.63, 3.8) is 0 Å². The molecule has 0 radical (unpaired) electrons. The summed E-state index contributed by atoms with van der Waals surface area (Å²) >= 11 is 12.7. The van der Waals surface area contributed by atoms with Gasteiger partial charge in [-0.05, 0) is 50.1 Å². The Morgan fingerprint density at radius 2 is 1.85 bits per heavy atom. The van der Waals surface area contributed by atoms with Crippen LogP contribution in [0.15, 0.2) is 42.5 Å². The molecule has 34 heavy (non-hydrogen) atoms. The fraction of sp³-hybridized carbons (Fsp3) is 0.308. The number of piperidine rings is 1. The van der Waals surface area contributed by atoms with Gasteiger partial charge in [0.25, 0.3) is 5.91 Å². The predicted octanol–water partition coefficient (Wildman–Crippen LogP) is 4.99. The molecule has 2 aromatic carbocycles. The summed E-state index contributed by atoms with van der Waals surface area (Å²) in [6.07, 6.45) is 3.98. The smallest absolute Gasteiger partial charge is 0.286 e. The Morgan fingerprint density at radius 3 is 2.53 bits per heavy atom. The zero-order valence-electron chi connectivity index (χ0n) is 19.1. The van der Waals surface area contributed by atoms with Gasteiger partial charge in [0, 0.05) is 47.8 Å². The van der Waals surface area contributed by atoms with E-state index in [1.807, 2.05) is 36.2 Å². The number of hydrogen-bond donors (Lipinski definition) is 2. The highest BCUT2D eigenvalue weighted by atomic mass is 35.5. The summed E-state index contributed by atoms with van der Waals surface area (Å²) in [5.41, 5.74) is 12.9. The Labute approximate surface area is 210 Å². The first kappa shape index (κ1) is 24.3. The number of carbonyl (C=O) groups is 1. The predicted molar refractivity (Wildman–Crippen MR) is 137 cm³/mol. The monoisotopic (exact) mass is 495 g/mol. The first-order valence-corrected chi connectivity index (χ1v) is 12.1. The van der Waals surface area contributed by atoms with Gasteiger partial charge in [-0.25, -0.2) is 9.69 Å². The van der Waals surface area contributed by atoms with Gasteiger partial charge in [0.05, 0.1) is 16.4 Å². The second-order valence-electron chi connectivity index (χ2n) is 8.24. The molecule has 6 nitrogen and oxygen atoms in total. The van der Waals surface area contributed by atoms with Crippen LogP contribution in [0, 0.1) is 18.8 Å². The fourth-order valence-electron chi connectivity index (χ4n) is 4.03. The van der Waals surface area contributed by atoms with Crippen molar-refractivity contribution in [1.29, 1.82) is 0 Å². The maximum atomic E-state index is 13.2. The van der Waals surface area contributed by atoms with Gasteiger partial charge < -0.3 is 5.73 Å².